The second-order valence-corrected chi connectivity index (χ2v) is 10.3. The van der Waals surface area contributed by atoms with Crippen LogP contribution in [-0.4, -0.2) is 30.3 Å². The molecule has 0 aromatic heterocycles. The maximum absolute atomic E-state index is 14.0. The summed E-state index contributed by atoms with van der Waals surface area (Å²) in [6, 6.07) is 20.5. The number of cyclic esters (lactones) is 2. The normalized spacial score (nSPS) is 25.1. The molecule has 0 amide bonds. The molecule has 1 saturated carbocycles. The van der Waals surface area contributed by atoms with Gasteiger partial charge >= 0.3 is 17.9 Å². The molecule has 2 aromatic carbocycles. The number of nitrogens with zero attached hydrogens (tertiary/aromatic N) is 1. The molecule has 1 spiro atoms. The lowest BCUT2D eigenvalue weighted by atomic mass is 9.50. The molecule has 2 aliphatic rings. The molecule has 2 fully saturated rings. The fourth-order valence-electron chi connectivity index (χ4n) is 6.12. The molecule has 2 unspecified atom stereocenters. The summed E-state index contributed by atoms with van der Waals surface area (Å²) in [6.07, 6.45) is 5.80. The lowest BCUT2D eigenvalue weighted by molar-refractivity contribution is -0.258. The van der Waals surface area contributed by atoms with Gasteiger partial charge in [-0.2, -0.15) is 5.26 Å². The van der Waals surface area contributed by atoms with Gasteiger partial charge in [-0.05, 0) is 36.8 Å². The van der Waals surface area contributed by atoms with Crippen molar-refractivity contribution in [1.82, 2.24) is 0 Å². The van der Waals surface area contributed by atoms with Crippen LogP contribution in [0.25, 0.3) is 0 Å². The lowest BCUT2D eigenvalue weighted by Crippen LogP contribution is -2.62. The zero-order valence-electron chi connectivity index (χ0n) is 21.8. The first-order valence-electron chi connectivity index (χ1n) is 12.7. The zero-order chi connectivity index (χ0) is 27.6. The van der Waals surface area contributed by atoms with Gasteiger partial charge in [-0.1, -0.05) is 60.7 Å². The molecule has 196 valence electrons. The van der Waals surface area contributed by atoms with Gasteiger partial charge in [-0.3, -0.25) is 14.4 Å². The molecular weight excluding hydrogens is 482 g/mol. The summed E-state index contributed by atoms with van der Waals surface area (Å²) in [5.41, 5.74) is -2.00. The number of nitriles is 1. The van der Waals surface area contributed by atoms with E-state index in [0.29, 0.717) is 11.1 Å². The standard InChI is InChI=1S/C31H31NO6/c1-5-17-30(20-32,26(33)36-6-2)23-18-24(21-13-9-7-10-14-21)31(25(19-23)22-15-11-8-12-16-22)27(34)37-29(3,4)38-28(31)35/h1,7-16,23-25H,6,17-19H2,2-4H3/t23?,24-,25+,30?. The van der Waals surface area contributed by atoms with Crippen LogP contribution in [0.3, 0.4) is 0 Å². The van der Waals surface area contributed by atoms with E-state index in [2.05, 4.69) is 12.0 Å². The van der Waals surface area contributed by atoms with Gasteiger partial charge in [-0.25, -0.2) is 0 Å². The first-order chi connectivity index (χ1) is 18.2. The zero-order valence-corrected chi connectivity index (χ0v) is 21.8. The number of carbonyl (C=O) groups is 3. The van der Waals surface area contributed by atoms with Crippen LogP contribution in [0.2, 0.25) is 0 Å². The molecule has 4 rings (SSSR count). The van der Waals surface area contributed by atoms with Crippen LogP contribution in [0.4, 0.5) is 0 Å². The van der Waals surface area contributed by atoms with E-state index < -0.39 is 52.3 Å². The predicted molar refractivity (Wildman–Crippen MR) is 138 cm³/mol. The van der Waals surface area contributed by atoms with E-state index in [4.69, 9.17) is 20.6 Å². The Bertz CT molecular complexity index is 1220. The van der Waals surface area contributed by atoms with Crippen LogP contribution in [0.1, 0.15) is 63.0 Å². The molecular formula is C31H31NO6. The van der Waals surface area contributed by atoms with E-state index in [1.54, 1.807) is 6.92 Å². The van der Waals surface area contributed by atoms with Crippen molar-refractivity contribution in [3.05, 3.63) is 71.8 Å². The molecule has 7 heteroatoms. The third-order valence-electron chi connectivity index (χ3n) is 7.81. The van der Waals surface area contributed by atoms with Gasteiger partial charge < -0.3 is 14.2 Å². The van der Waals surface area contributed by atoms with Gasteiger partial charge in [-0.15, -0.1) is 12.3 Å². The van der Waals surface area contributed by atoms with Gasteiger partial charge in [0.1, 0.15) is 0 Å². The number of terminal acetylenes is 1. The SMILES string of the molecule is C#CCC(C#N)(C(=O)OCC)C1C[C@H](c2ccccc2)C2(C(=O)OC(C)(C)OC2=O)[C@H](c2ccccc2)C1. The highest BCUT2D eigenvalue weighted by Gasteiger charge is 2.69. The van der Waals surface area contributed by atoms with Gasteiger partial charge in [0.15, 0.2) is 10.8 Å². The Kier molecular flexibility index (Phi) is 7.33. The van der Waals surface area contributed by atoms with Crippen molar-refractivity contribution in [2.75, 3.05) is 6.61 Å². The number of esters is 3. The number of ether oxygens (including phenoxy) is 3. The Labute approximate surface area is 223 Å². The summed E-state index contributed by atoms with van der Waals surface area (Å²) < 4.78 is 16.9. The molecule has 1 heterocycles. The largest absolute Gasteiger partial charge is 0.465 e. The van der Waals surface area contributed by atoms with Crippen molar-refractivity contribution in [2.24, 2.45) is 16.7 Å². The van der Waals surface area contributed by atoms with Crippen LogP contribution < -0.4 is 0 Å². The highest BCUT2D eigenvalue weighted by molar-refractivity contribution is 6.04. The van der Waals surface area contributed by atoms with Gasteiger partial charge in [0.25, 0.3) is 5.79 Å². The quantitative estimate of drug-likeness (QED) is 0.308. The lowest BCUT2D eigenvalue weighted by Gasteiger charge is -2.53. The topological polar surface area (TPSA) is 103 Å². The first kappa shape index (κ1) is 26.9. The summed E-state index contributed by atoms with van der Waals surface area (Å²) in [7, 11) is 0. The molecule has 1 saturated heterocycles. The third-order valence-corrected chi connectivity index (χ3v) is 7.81. The minimum absolute atomic E-state index is 0.0848. The van der Waals surface area contributed by atoms with Crippen LogP contribution in [0.5, 0.6) is 0 Å². The Morgan fingerprint density at radius 2 is 1.47 bits per heavy atom. The van der Waals surface area contributed by atoms with Crippen LogP contribution in [0, 0.1) is 40.4 Å². The third kappa shape index (κ3) is 4.33. The van der Waals surface area contributed by atoms with E-state index >= 15 is 0 Å². The van der Waals surface area contributed by atoms with E-state index in [0.717, 1.165) is 0 Å². The monoisotopic (exact) mass is 513 g/mol. The van der Waals surface area contributed by atoms with Gasteiger partial charge in [0.05, 0.1) is 12.7 Å². The highest BCUT2D eigenvalue weighted by atomic mass is 16.7. The minimum Gasteiger partial charge on any atom is -0.465 e. The Morgan fingerprint density at radius 3 is 1.87 bits per heavy atom. The molecule has 2 aromatic rings. The fourth-order valence-corrected chi connectivity index (χ4v) is 6.12. The van der Waals surface area contributed by atoms with Crippen molar-refractivity contribution in [3.63, 3.8) is 0 Å². The number of carbonyl (C=O) groups excluding carboxylic acids is 3. The second-order valence-electron chi connectivity index (χ2n) is 10.3. The fraction of sp³-hybridized carbons (Fsp3) is 0.419. The van der Waals surface area contributed by atoms with E-state index in [1.807, 2.05) is 60.7 Å². The molecule has 0 bridgehead atoms. The molecule has 7 nitrogen and oxygen atoms in total. The average molecular weight is 514 g/mol. The Balaban J connectivity index is 1.99. The molecule has 38 heavy (non-hydrogen) atoms. The summed E-state index contributed by atoms with van der Waals surface area (Å²) >= 11 is 0. The molecule has 4 atom stereocenters. The van der Waals surface area contributed by atoms with Crippen LogP contribution >= 0.6 is 0 Å². The molecule has 0 radical (unpaired) electrons. The van der Waals surface area contributed by atoms with E-state index in [9.17, 15) is 19.6 Å². The van der Waals surface area contributed by atoms with Crippen LogP contribution in [0.15, 0.2) is 60.7 Å². The van der Waals surface area contributed by atoms with Gasteiger partial charge in [0.2, 0.25) is 0 Å². The summed E-state index contributed by atoms with van der Waals surface area (Å²) in [4.78, 5) is 41.4. The summed E-state index contributed by atoms with van der Waals surface area (Å²) in [6.45, 7) is 4.79. The van der Waals surface area contributed by atoms with E-state index in [1.165, 1.54) is 13.8 Å². The van der Waals surface area contributed by atoms with Crippen molar-refractivity contribution >= 4 is 17.9 Å². The maximum atomic E-state index is 14.0. The molecule has 1 aliphatic heterocycles. The summed E-state index contributed by atoms with van der Waals surface area (Å²) in [5.74, 6) is -3.14. The van der Waals surface area contributed by atoms with Crippen LogP contribution in [-0.2, 0) is 28.6 Å². The summed E-state index contributed by atoms with van der Waals surface area (Å²) in [5, 5.41) is 10.4. The predicted octanol–water partition coefficient (Wildman–Crippen LogP) is 4.88. The number of rotatable bonds is 6. The highest BCUT2D eigenvalue weighted by Crippen LogP contribution is 2.62. The van der Waals surface area contributed by atoms with Crippen molar-refractivity contribution in [2.45, 2.75) is 57.7 Å². The minimum atomic E-state index is -1.74. The van der Waals surface area contributed by atoms with Crippen molar-refractivity contribution < 1.29 is 28.6 Å². The molecule has 1 aliphatic carbocycles. The number of hydrogen-bond acceptors (Lipinski definition) is 7. The average Bonchev–Trinajstić information content (AvgIpc) is 2.90. The first-order valence-corrected chi connectivity index (χ1v) is 12.7. The van der Waals surface area contributed by atoms with Gasteiger partial charge in [0, 0.05) is 32.1 Å². The smallest absolute Gasteiger partial charge is 0.328 e. The van der Waals surface area contributed by atoms with E-state index in [-0.39, 0.29) is 25.9 Å². The van der Waals surface area contributed by atoms with Crippen molar-refractivity contribution in [1.29, 1.82) is 5.26 Å². The second kappa shape index (κ2) is 10.3. The molecule has 0 N–H and O–H groups in total. The Hall–Kier alpha value is -4.10. The van der Waals surface area contributed by atoms with Crippen molar-refractivity contribution in [3.8, 4) is 18.4 Å². The Morgan fingerprint density at radius 1 is 1.00 bits per heavy atom. The number of hydrogen-bond donors (Lipinski definition) is 0. The number of benzene rings is 2. The maximum Gasteiger partial charge on any atom is 0.328 e.